The fourth-order valence-electron chi connectivity index (χ4n) is 2.85. The highest BCUT2D eigenvalue weighted by atomic mass is 16.7. The number of amides is 1. The second-order valence-electron chi connectivity index (χ2n) is 5.84. The van der Waals surface area contributed by atoms with Crippen molar-refractivity contribution in [3.05, 3.63) is 48.2 Å². The van der Waals surface area contributed by atoms with Gasteiger partial charge < -0.3 is 24.3 Å². The molecule has 4 rings (SSSR count). The molecule has 3 heterocycles. The number of aromatic nitrogens is 1. The SMILES string of the molecule is O=C(N[C@@H]1CCOC[C@H]1Oc1ccccn1)c1ccc2c(c1)OCO2. The molecule has 2 atom stereocenters. The van der Waals surface area contributed by atoms with E-state index in [1.54, 1.807) is 30.5 Å². The number of nitrogens with one attached hydrogen (secondary N) is 1. The van der Waals surface area contributed by atoms with Crippen molar-refractivity contribution < 1.29 is 23.7 Å². The van der Waals surface area contributed by atoms with Gasteiger partial charge in [-0.3, -0.25) is 4.79 Å². The highest BCUT2D eigenvalue weighted by Gasteiger charge is 2.30. The van der Waals surface area contributed by atoms with Crippen LogP contribution in [0, 0.1) is 0 Å². The van der Waals surface area contributed by atoms with Gasteiger partial charge in [0.2, 0.25) is 12.7 Å². The van der Waals surface area contributed by atoms with Crippen molar-refractivity contribution in [3.8, 4) is 17.4 Å². The molecule has 0 unspecified atom stereocenters. The number of hydrogen-bond acceptors (Lipinski definition) is 6. The number of pyridine rings is 1. The molecular weight excluding hydrogens is 324 g/mol. The minimum atomic E-state index is -0.290. The number of carbonyl (C=O) groups excluding carboxylic acids is 1. The van der Waals surface area contributed by atoms with Gasteiger partial charge in [-0.25, -0.2) is 4.98 Å². The minimum absolute atomic E-state index is 0.159. The zero-order valence-electron chi connectivity index (χ0n) is 13.5. The van der Waals surface area contributed by atoms with Crippen LogP contribution in [0.3, 0.4) is 0 Å². The molecule has 0 bridgehead atoms. The predicted molar refractivity (Wildman–Crippen MR) is 87.9 cm³/mol. The van der Waals surface area contributed by atoms with Crippen LogP contribution < -0.4 is 19.5 Å². The van der Waals surface area contributed by atoms with Crippen molar-refractivity contribution in [1.82, 2.24) is 10.3 Å². The van der Waals surface area contributed by atoms with Gasteiger partial charge in [-0.1, -0.05) is 6.07 Å². The fraction of sp³-hybridized carbons (Fsp3) is 0.333. The lowest BCUT2D eigenvalue weighted by atomic mass is 10.0. The Hall–Kier alpha value is -2.80. The summed E-state index contributed by atoms with van der Waals surface area (Å²) >= 11 is 0. The molecule has 1 amide bonds. The lowest BCUT2D eigenvalue weighted by molar-refractivity contribution is -0.0152. The largest absolute Gasteiger partial charge is 0.470 e. The molecule has 25 heavy (non-hydrogen) atoms. The molecule has 1 aromatic carbocycles. The lowest BCUT2D eigenvalue weighted by Gasteiger charge is -2.32. The van der Waals surface area contributed by atoms with Crippen LogP contribution in [0.25, 0.3) is 0 Å². The normalized spacial score (nSPS) is 21.6. The first-order valence-electron chi connectivity index (χ1n) is 8.15. The van der Waals surface area contributed by atoms with Crippen molar-refractivity contribution in [3.63, 3.8) is 0 Å². The van der Waals surface area contributed by atoms with Gasteiger partial charge in [-0.05, 0) is 30.7 Å². The van der Waals surface area contributed by atoms with E-state index < -0.39 is 0 Å². The maximum Gasteiger partial charge on any atom is 0.251 e. The van der Waals surface area contributed by atoms with Gasteiger partial charge in [-0.2, -0.15) is 0 Å². The standard InChI is InChI=1S/C18H18N2O5/c21-18(12-4-5-14-15(9-12)24-11-23-14)20-13-6-8-22-10-16(13)25-17-3-1-2-7-19-17/h1-5,7,9,13,16H,6,8,10-11H2,(H,20,21)/t13-,16-/m1/s1. The van der Waals surface area contributed by atoms with E-state index in [0.29, 0.717) is 42.6 Å². The van der Waals surface area contributed by atoms with Gasteiger partial charge in [0.05, 0.1) is 12.6 Å². The summed E-state index contributed by atoms with van der Waals surface area (Å²) in [6, 6.07) is 10.4. The number of carbonyl (C=O) groups is 1. The molecule has 1 fully saturated rings. The topological polar surface area (TPSA) is 78.9 Å². The number of nitrogens with zero attached hydrogens (tertiary/aromatic N) is 1. The maximum absolute atomic E-state index is 12.6. The second kappa shape index (κ2) is 6.98. The monoisotopic (exact) mass is 342 g/mol. The van der Waals surface area contributed by atoms with E-state index in [1.807, 2.05) is 12.1 Å². The Kier molecular flexibility index (Phi) is 4.39. The third-order valence-electron chi connectivity index (χ3n) is 4.17. The Morgan fingerprint density at radius 2 is 2.12 bits per heavy atom. The summed E-state index contributed by atoms with van der Waals surface area (Å²) in [5, 5.41) is 3.03. The summed E-state index contributed by atoms with van der Waals surface area (Å²) in [4.78, 5) is 16.8. The molecule has 2 aliphatic rings. The molecular formula is C18H18N2O5. The third-order valence-corrected chi connectivity index (χ3v) is 4.17. The first-order valence-corrected chi connectivity index (χ1v) is 8.15. The van der Waals surface area contributed by atoms with Gasteiger partial charge in [0.15, 0.2) is 11.5 Å². The van der Waals surface area contributed by atoms with Crippen LogP contribution in [0.15, 0.2) is 42.6 Å². The Labute approximate surface area is 144 Å². The lowest BCUT2D eigenvalue weighted by Crippen LogP contribution is -2.51. The highest BCUT2D eigenvalue weighted by molar-refractivity contribution is 5.95. The van der Waals surface area contributed by atoms with Gasteiger partial charge in [-0.15, -0.1) is 0 Å². The molecule has 1 aromatic heterocycles. The molecule has 2 aliphatic heterocycles. The average Bonchev–Trinajstić information content (AvgIpc) is 3.12. The summed E-state index contributed by atoms with van der Waals surface area (Å²) in [6.07, 6.45) is 2.05. The van der Waals surface area contributed by atoms with E-state index in [2.05, 4.69) is 10.3 Å². The quantitative estimate of drug-likeness (QED) is 0.912. The third kappa shape index (κ3) is 3.51. The number of hydrogen-bond donors (Lipinski definition) is 1. The van der Waals surface area contributed by atoms with E-state index in [-0.39, 0.29) is 24.8 Å². The van der Waals surface area contributed by atoms with Crippen LogP contribution in [0.1, 0.15) is 16.8 Å². The summed E-state index contributed by atoms with van der Waals surface area (Å²) in [5.74, 6) is 1.57. The van der Waals surface area contributed by atoms with E-state index in [0.717, 1.165) is 0 Å². The van der Waals surface area contributed by atoms with E-state index >= 15 is 0 Å². The van der Waals surface area contributed by atoms with Crippen molar-refractivity contribution in [2.24, 2.45) is 0 Å². The summed E-state index contributed by atoms with van der Waals surface area (Å²) < 4.78 is 22.0. The summed E-state index contributed by atoms with van der Waals surface area (Å²) in [7, 11) is 0. The van der Waals surface area contributed by atoms with Gasteiger partial charge in [0.25, 0.3) is 5.91 Å². The van der Waals surface area contributed by atoms with Gasteiger partial charge >= 0.3 is 0 Å². The molecule has 1 N–H and O–H groups in total. The van der Waals surface area contributed by atoms with Crippen LogP contribution in [0.4, 0.5) is 0 Å². The first-order chi connectivity index (χ1) is 12.3. The number of ether oxygens (including phenoxy) is 4. The fourth-order valence-corrected chi connectivity index (χ4v) is 2.85. The van der Waals surface area contributed by atoms with Crippen LogP contribution in [-0.4, -0.2) is 43.0 Å². The van der Waals surface area contributed by atoms with Crippen molar-refractivity contribution in [1.29, 1.82) is 0 Å². The number of rotatable bonds is 4. The number of benzene rings is 1. The smallest absolute Gasteiger partial charge is 0.251 e. The average molecular weight is 342 g/mol. The highest BCUT2D eigenvalue weighted by Crippen LogP contribution is 2.32. The van der Waals surface area contributed by atoms with Gasteiger partial charge in [0.1, 0.15) is 6.10 Å². The van der Waals surface area contributed by atoms with E-state index in [9.17, 15) is 4.79 Å². The molecule has 0 saturated carbocycles. The molecule has 2 aromatic rings. The molecule has 0 spiro atoms. The Morgan fingerprint density at radius 3 is 3.00 bits per heavy atom. The molecule has 130 valence electrons. The Balaban J connectivity index is 1.45. The summed E-state index contributed by atoms with van der Waals surface area (Å²) in [5.41, 5.74) is 0.521. The number of fused-ring (bicyclic) bond motifs is 1. The zero-order valence-corrected chi connectivity index (χ0v) is 13.5. The van der Waals surface area contributed by atoms with E-state index in [4.69, 9.17) is 18.9 Å². The van der Waals surface area contributed by atoms with Crippen molar-refractivity contribution >= 4 is 5.91 Å². The van der Waals surface area contributed by atoms with Crippen LogP contribution in [-0.2, 0) is 4.74 Å². The Morgan fingerprint density at radius 1 is 1.20 bits per heavy atom. The maximum atomic E-state index is 12.6. The Bertz CT molecular complexity index is 752. The van der Waals surface area contributed by atoms with E-state index in [1.165, 1.54) is 0 Å². The molecule has 0 radical (unpaired) electrons. The van der Waals surface area contributed by atoms with Crippen LogP contribution in [0.2, 0.25) is 0 Å². The zero-order chi connectivity index (χ0) is 17.1. The van der Waals surface area contributed by atoms with Crippen LogP contribution in [0.5, 0.6) is 17.4 Å². The molecule has 1 saturated heterocycles. The van der Waals surface area contributed by atoms with Crippen LogP contribution >= 0.6 is 0 Å². The second-order valence-corrected chi connectivity index (χ2v) is 5.84. The van der Waals surface area contributed by atoms with Crippen molar-refractivity contribution in [2.75, 3.05) is 20.0 Å². The minimum Gasteiger partial charge on any atom is -0.470 e. The first kappa shape index (κ1) is 15.7. The molecule has 0 aliphatic carbocycles. The summed E-state index contributed by atoms with van der Waals surface area (Å²) in [6.45, 7) is 1.16. The predicted octanol–water partition coefficient (Wildman–Crippen LogP) is 1.78. The van der Waals surface area contributed by atoms with Crippen molar-refractivity contribution in [2.45, 2.75) is 18.6 Å². The van der Waals surface area contributed by atoms with Gasteiger partial charge in [0, 0.05) is 24.4 Å². The molecule has 7 heteroatoms. The molecule has 7 nitrogen and oxygen atoms in total.